The maximum absolute atomic E-state index is 10.9. The highest BCUT2D eigenvalue weighted by Gasteiger charge is 2.11. The molecule has 0 heterocycles. The Morgan fingerprint density at radius 1 is 1.12 bits per heavy atom. The highest BCUT2D eigenvalue weighted by Crippen LogP contribution is 2.30. The molecule has 2 aromatic rings. The Morgan fingerprint density at radius 3 is 2.44 bits per heavy atom. The number of nitrogens with two attached hydrogens (primary N) is 1. The summed E-state index contributed by atoms with van der Waals surface area (Å²) < 4.78 is 30.7. The fourth-order valence-corrected chi connectivity index (χ4v) is 2.00. The summed E-state index contributed by atoms with van der Waals surface area (Å²) in [6.07, 6.45) is 0. The van der Waals surface area contributed by atoms with Gasteiger partial charge in [0.15, 0.2) is 0 Å². The van der Waals surface area contributed by atoms with E-state index < -0.39 is 10.1 Å². The Bertz CT molecular complexity index is 664. The number of nitrogen functional groups attached to an aromatic ring is 1. The summed E-state index contributed by atoms with van der Waals surface area (Å²) in [5.74, 6) is -0.0629. The third kappa shape index (κ3) is 1.68. The second-order valence-corrected chi connectivity index (χ2v) is 4.78. The molecule has 0 spiro atoms. The predicted molar refractivity (Wildman–Crippen MR) is 59.8 cm³/mol. The molecule has 0 unspecified atom stereocenters. The number of phenols is 1. The van der Waals surface area contributed by atoms with Crippen LogP contribution in [0.15, 0.2) is 35.2 Å². The highest BCUT2D eigenvalue weighted by molar-refractivity contribution is 7.85. The molecular formula is C10H9NO4S. The van der Waals surface area contributed by atoms with Crippen molar-refractivity contribution in [3.8, 4) is 5.75 Å². The van der Waals surface area contributed by atoms with E-state index in [1.54, 1.807) is 0 Å². The molecule has 0 aliphatic heterocycles. The first-order valence-electron chi connectivity index (χ1n) is 4.38. The van der Waals surface area contributed by atoms with Crippen LogP contribution >= 0.6 is 0 Å². The lowest BCUT2D eigenvalue weighted by molar-refractivity contribution is 0.478. The second kappa shape index (κ2) is 3.36. The molecule has 0 aromatic heterocycles. The number of fused-ring (bicyclic) bond motifs is 1. The molecule has 2 rings (SSSR count). The van der Waals surface area contributed by atoms with Crippen LogP contribution in [0.25, 0.3) is 10.8 Å². The maximum atomic E-state index is 10.9. The maximum Gasteiger partial charge on any atom is 0.294 e. The van der Waals surface area contributed by atoms with Gasteiger partial charge in [0.1, 0.15) is 5.75 Å². The van der Waals surface area contributed by atoms with Crippen LogP contribution in [0, 0.1) is 0 Å². The van der Waals surface area contributed by atoms with Gasteiger partial charge in [0.25, 0.3) is 10.1 Å². The third-order valence-electron chi connectivity index (χ3n) is 2.31. The fourth-order valence-electron chi connectivity index (χ4n) is 1.48. The summed E-state index contributed by atoms with van der Waals surface area (Å²) in [6, 6.07) is 6.85. The summed E-state index contributed by atoms with van der Waals surface area (Å²) in [5.41, 5.74) is 5.80. The number of aromatic hydroxyl groups is 1. The van der Waals surface area contributed by atoms with E-state index in [1.807, 2.05) is 0 Å². The number of hydrogen-bond donors (Lipinski definition) is 3. The summed E-state index contributed by atoms with van der Waals surface area (Å²) in [7, 11) is -4.22. The molecule has 0 fully saturated rings. The van der Waals surface area contributed by atoms with Crippen molar-refractivity contribution in [2.45, 2.75) is 4.90 Å². The summed E-state index contributed by atoms with van der Waals surface area (Å²) >= 11 is 0. The smallest absolute Gasteiger partial charge is 0.294 e. The van der Waals surface area contributed by atoms with Gasteiger partial charge in [-0.2, -0.15) is 8.42 Å². The molecular weight excluding hydrogens is 230 g/mol. The number of phenolic OH excluding ortho intramolecular Hbond substituents is 1. The van der Waals surface area contributed by atoms with Gasteiger partial charge in [-0.3, -0.25) is 4.55 Å². The van der Waals surface area contributed by atoms with Crippen molar-refractivity contribution in [2.24, 2.45) is 0 Å². The topological polar surface area (TPSA) is 101 Å². The van der Waals surface area contributed by atoms with Gasteiger partial charge in [-0.15, -0.1) is 0 Å². The Labute approximate surface area is 91.9 Å². The minimum atomic E-state index is -4.22. The number of anilines is 1. The van der Waals surface area contributed by atoms with E-state index in [0.717, 1.165) is 0 Å². The largest absolute Gasteiger partial charge is 0.506 e. The van der Waals surface area contributed by atoms with Crippen LogP contribution in [0.1, 0.15) is 0 Å². The van der Waals surface area contributed by atoms with E-state index in [2.05, 4.69) is 0 Å². The molecule has 84 valence electrons. The predicted octanol–water partition coefficient (Wildman–Crippen LogP) is 1.37. The molecule has 16 heavy (non-hydrogen) atoms. The molecule has 0 aliphatic carbocycles. The lowest BCUT2D eigenvalue weighted by Crippen LogP contribution is -1.98. The van der Waals surface area contributed by atoms with Crippen molar-refractivity contribution in [1.29, 1.82) is 0 Å². The monoisotopic (exact) mass is 239 g/mol. The van der Waals surface area contributed by atoms with Crippen LogP contribution in [0.5, 0.6) is 5.75 Å². The van der Waals surface area contributed by atoms with Crippen molar-refractivity contribution in [3.63, 3.8) is 0 Å². The van der Waals surface area contributed by atoms with Gasteiger partial charge in [-0.1, -0.05) is 12.1 Å². The molecule has 0 bridgehead atoms. The third-order valence-corrected chi connectivity index (χ3v) is 3.16. The van der Waals surface area contributed by atoms with Crippen LogP contribution in [0.2, 0.25) is 0 Å². The highest BCUT2D eigenvalue weighted by atomic mass is 32.2. The molecule has 0 saturated heterocycles. The zero-order chi connectivity index (χ0) is 11.9. The van der Waals surface area contributed by atoms with Gasteiger partial charge in [0.2, 0.25) is 0 Å². The van der Waals surface area contributed by atoms with E-state index in [-0.39, 0.29) is 16.3 Å². The first-order valence-corrected chi connectivity index (χ1v) is 5.82. The first kappa shape index (κ1) is 10.7. The van der Waals surface area contributed by atoms with Crippen LogP contribution in [-0.2, 0) is 10.1 Å². The Morgan fingerprint density at radius 2 is 1.81 bits per heavy atom. The first-order chi connectivity index (χ1) is 7.39. The van der Waals surface area contributed by atoms with E-state index >= 15 is 0 Å². The molecule has 6 heteroatoms. The molecule has 0 radical (unpaired) electrons. The molecule has 5 nitrogen and oxygen atoms in total. The lowest BCUT2D eigenvalue weighted by atomic mass is 10.1. The average molecular weight is 239 g/mol. The quantitative estimate of drug-likeness (QED) is 0.396. The van der Waals surface area contributed by atoms with Crippen molar-refractivity contribution in [2.75, 3.05) is 5.73 Å². The molecule has 0 atom stereocenters. The van der Waals surface area contributed by atoms with Crippen molar-refractivity contribution < 1.29 is 18.1 Å². The average Bonchev–Trinajstić information content (AvgIpc) is 2.22. The standard InChI is InChI=1S/C10H9NO4S/c11-10-8-3-2-7(16(13,14)15)5-6(8)1-4-9(10)12/h1-5,12H,11H2,(H,13,14,15). The normalized spacial score (nSPS) is 11.8. The lowest BCUT2D eigenvalue weighted by Gasteiger charge is -2.05. The minimum absolute atomic E-state index is 0.0629. The Kier molecular flexibility index (Phi) is 2.25. The summed E-state index contributed by atoms with van der Waals surface area (Å²) in [5, 5.41) is 10.4. The van der Waals surface area contributed by atoms with E-state index in [0.29, 0.717) is 10.8 Å². The molecule has 4 N–H and O–H groups in total. The van der Waals surface area contributed by atoms with Gasteiger partial charge in [-0.05, 0) is 23.6 Å². The molecule has 0 aliphatic rings. The van der Waals surface area contributed by atoms with Gasteiger partial charge in [0, 0.05) is 5.39 Å². The van der Waals surface area contributed by atoms with E-state index in [9.17, 15) is 13.5 Å². The van der Waals surface area contributed by atoms with Gasteiger partial charge >= 0.3 is 0 Å². The fraction of sp³-hybridized carbons (Fsp3) is 0. The zero-order valence-electron chi connectivity index (χ0n) is 8.08. The van der Waals surface area contributed by atoms with Crippen LogP contribution in [0.3, 0.4) is 0 Å². The zero-order valence-corrected chi connectivity index (χ0v) is 8.90. The van der Waals surface area contributed by atoms with Crippen LogP contribution in [0.4, 0.5) is 5.69 Å². The van der Waals surface area contributed by atoms with Crippen LogP contribution < -0.4 is 5.73 Å². The second-order valence-electron chi connectivity index (χ2n) is 3.36. The number of benzene rings is 2. The summed E-state index contributed by atoms with van der Waals surface area (Å²) in [6.45, 7) is 0. The van der Waals surface area contributed by atoms with Crippen molar-refractivity contribution in [1.82, 2.24) is 0 Å². The molecule has 2 aromatic carbocycles. The Balaban J connectivity index is 2.80. The van der Waals surface area contributed by atoms with E-state index in [1.165, 1.54) is 30.3 Å². The van der Waals surface area contributed by atoms with Gasteiger partial charge < -0.3 is 10.8 Å². The van der Waals surface area contributed by atoms with Crippen molar-refractivity contribution >= 4 is 26.6 Å². The summed E-state index contributed by atoms with van der Waals surface area (Å²) in [4.78, 5) is -0.204. The van der Waals surface area contributed by atoms with E-state index in [4.69, 9.17) is 10.3 Å². The number of rotatable bonds is 1. The molecule has 0 saturated carbocycles. The molecule has 0 amide bonds. The Hall–Kier alpha value is -1.79. The number of hydrogen-bond acceptors (Lipinski definition) is 4. The van der Waals surface area contributed by atoms with Gasteiger partial charge in [-0.25, -0.2) is 0 Å². The van der Waals surface area contributed by atoms with Crippen molar-refractivity contribution in [3.05, 3.63) is 30.3 Å². The van der Waals surface area contributed by atoms with Gasteiger partial charge in [0.05, 0.1) is 10.6 Å². The SMILES string of the molecule is Nc1c(O)ccc2cc(S(=O)(=O)O)ccc12. The van der Waals surface area contributed by atoms with Crippen LogP contribution in [-0.4, -0.2) is 18.1 Å². The minimum Gasteiger partial charge on any atom is -0.506 e.